The predicted octanol–water partition coefficient (Wildman–Crippen LogP) is 1.50. The van der Waals surface area contributed by atoms with Gasteiger partial charge in [0.1, 0.15) is 6.10 Å². The summed E-state index contributed by atoms with van der Waals surface area (Å²) < 4.78 is 27.2. The van der Waals surface area contributed by atoms with E-state index in [0.29, 0.717) is 13.0 Å². The van der Waals surface area contributed by atoms with Crippen molar-refractivity contribution in [2.24, 2.45) is 0 Å². The molecule has 1 aromatic rings. The van der Waals surface area contributed by atoms with Crippen LogP contribution in [0, 0.1) is 0 Å². The third-order valence-electron chi connectivity index (χ3n) is 4.88. The van der Waals surface area contributed by atoms with Crippen LogP contribution in [0.5, 0.6) is 0 Å². The monoisotopic (exact) mass is 398 g/mol. The third kappa shape index (κ3) is 5.03. The maximum Gasteiger partial charge on any atom is 0.377 e. The number of likely N-dealkylation sites (tertiary alicyclic amines) is 1. The molecule has 0 bridgehead atoms. The highest BCUT2D eigenvalue weighted by atomic mass is 19.3. The quantitative estimate of drug-likeness (QED) is 0.692. The van der Waals surface area contributed by atoms with E-state index in [0.717, 1.165) is 10.5 Å². The molecule has 2 amide bonds. The summed E-state index contributed by atoms with van der Waals surface area (Å²) >= 11 is 0. The Kier molecular flexibility index (Phi) is 7.06. The van der Waals surface area contributed by atoms with E-state index < -0.39 is 29.9 Å². The number of carboxylic acids is 1. The first kappa shape index (κ1) is 21.7. The van der Waals surface area contributed by atoms with E-state index in [1.807, 2.05) is 30.3 Å². The smallest absolute Gasteiger partial charge is 0.377 e. The van der Waals surface area contributed by atoms with E-state index in [1.165, 1.54) is 4.90 Å². The Morgan fingerprint density at radius 2 is 1.89 bits per heavy atom. The van der Waals surface area contributed by atoms with Crippen molar-refractivity contribution in [3.8, 4) is 0 Å². The summed E-state index contributed by atoms with van der Waals surface area (Å²) in [5.74, 6) is -7.61. The molecular weight excluding hydrogens is 374 g/mol. The molecule has 9 heteroatoms. The van der Waals surface area contributed by atoms with Crippen LogP contribution in [0.25, 0.3) is 0 Å². The van der Waals surface area contributed by atoms with Gasteiger partial charge < -0.3 is 20.0 Å². The zero-order chi connectivity index (χ0) is 20.9. The number of aliphatic hydroxyl groups is 1. The van der Waals surface area contributed by atoms with Crippen molar-refractivity contribution >= 4 is 17.8 Å². The predicted molar refractivity (Wildman–Crippen MR) is 95.5 cm³/mol. The van der Waals surface area contributed by atoms with Crippen molar-refractivity contribution in [3.63, 3.8) is 0 Å². The number of carbonyl (C=O) groups excluding carboxylic acids is 2. The molecule has 2 N–H and O–H groups in total. The first-order valence-corrected chi connectivity index (χ1v) is 9.01. The maximum atomic E-state index is 13.6. The van der Waals surface area contributed by atoms with Crippen LogP contribution >= 0.6 is 0 Å². The molecule has 1 aromatic carbocycles. The molecule has 1 aliphatic rings. The van der Waals surface area contributed by atoms with Gasteiger partial charge in [-0.2, -0.15) is 8.78 Å². The highest BCUT2D eigenvalue weighted by molar-refractivity contribution is 5.84. The molecule has 0 aliphatic carbocycles. The second-order valence-corrected chi connectivity index (χ2v) is 6.91. The number of nitrogens with zero attached hydrogens (tertiary/aromatic N) is 2. The van der Waals surface area contributed by atoms with Gasteiger partial charge in [-0.05, 0) is 18.4 Å². The summed E-state index contributed by atoms with van der Waals surface area (Å²) in [4.78, 5) is 37.8. The van der Waals surface area contributed by atoms with Crippen LogP contribution in [0.3, 0.4) is 0 Å². The number of carboxylic acid groups (broad SMARTS) is 1. The molecule has 28 heavy (non-hydrogen) atoms. The Labute approximate surface area is 161 Å². The number of amides is 2. The maximum absolute atomic E-state index is 13.6. The van der Waals surface area contributed by atoms with Gasteiger partial charge in [-0.15, -0.1) is 0 Å². The number of benzene rings is 1. The van der Waals surface area contributed by atoms with Gasteiger partial charge in [0.15, 0.2) is 0 Å². The summed E-state index contributed by atoms with van der Waals surface area (Å²) in [7, 11) is 1.61. The second kappa shape index (κ2) is 9.09. The molecule has 154 valence electrons. The van der Waals surface area contributed by atoms with Gasteiger partial charge in [-0.3, -0.25) is 9.59 Å². The van der Waals surface area contributed by atoms with Crippen LogP contribution < -0.4 is 0 Å². The molecule has 1 aliphatic heterocycles. The normalized spacial score (nSPS) is 18.0. The molecule has 1 fully saturated rings. The van der Waals surface area contributed by atoms with Gasteiger partial charge in [0, 0.05) is 33.0 Å². The number of halogens is 2. The van der Waals surface area contributed by atoms with E-state index in [-0.39, 0.29) is 31.7 Å². The van der Waals surface area contributed by atoms with E-state index >= 15 is 0 Å². The minimum atomic E-state index is -4.35. The van der Waals surface area contributed by atoms with Gasteiger partial charge in [0.25, 0.3) is 0 Å². The molecule has 7 nitrogen and oxygen atoms in total. The Hall–Kier alpha value is -2.55. The van der Waals surface area contributed by atoms with Gasteiger partial charge in [0.05, 0.1) is 6.04 Å². The van der Waals surface area contributed by atoms with Crippen molar-refractivity contribution in [1.82, 2.24) is 9.80 Å². The number of carbonyl (C=O) groups is 3. The number of aliphatic carboxylic acids is 1. The van der Waals surface area contributed by atoms with Crippen molar-refractivity contribution in [3.05, 3.63) is 35.9 Å². The average molecular weight is 398 g/mol. The van der Waals surface area contributed by atoms with Gasteiger partial charge in [-0.1, -0.05) is 30.3 Å². The summed E-state index contributed by atoms with van der Waals surface area (Å²) in [6.07, 6.45) is -2.33. The van der Waals surface area contributed by atoms with Crippen LogP contribution in [0.1, 0.15) is 31.2 Å². The minimum absolute atomic E-state index is 0.0810. The SMILES string of the molecule is CN(Cc1ccccc1)C(=O)CCC(=O)N1CCC[C@H]1C(O)C(F)(F)C(=O)O. The molecule has 1 unspecified atom stereocenters. The van der Waals surface area contributed by atoms with Gasteiger partial charge >= 0.3 is 11.9 Å². The van der Waals surface area contributed by atoms with Crippen LogP contribution in [-0.4, -0.2) is 69.5 Å². The first-order chi connectivity index (χ1) is 13.1. The van der Waals surface area contributed by atoms with E-state index in [4.69, 9.17) is 5.11 Å². The second-order valence-electron chi connectivity index (χ2n) is 6.91. The Morgan fingerprint density at radius 1 is 1.25 bits per heavy atom. The largest absolute Gasteiger partial charge is 0.477 e. The Balaban J connectivity index is 1.91. The number of hydrogen-bond donors (Lipinski definition) is 2. The molecule has 0 spiro atoms. The summed E-state index contributed by atoms with van der Waals surface area (Å²) in [6.45, 7) is 0.522. The van der Waals surface area contributed by atoms with Gasteiger partial charge in [-0.25, -0.2) is 4.79 Å². The van der Waals surface area contributed by atoms with Crippen LogP contribution in [0.2, 0.25) is 0 Å². The third-order valence-corrected chi connectivity index (χ3v) is 4.88. The zero-order valence-corrected chi connectivity index (χ0v) is 15.6. The van der Waals surface area contributed by atoms with Crippen molar-refractivity contribution in [1.29, 1.82) is 0 Å². The number of rotatable bonds is 8. The summed E-state index contributed by atoms with van der Waals surface area (Å²) in [5, 5.41) is 18.4. The number of alkyl halides is 2. The first-order valence-electron chi connectivity index (χ1n) is 9.01. The molecule has 2 rings (SSSR count). The Morgan fingerprint density at radius 3 is 2.50 bits per heavy atom. The summed E-state index contributed by atoms with van der Waals surface area (Å²) in [5.41, 5.74) is 0.934. The number of aliphatic hydroxyl groups excluding tert-OH is 1. The number of hydrogen-bond acceptors (Lipinski definition) is 4. The lowest BCUT2D eigenvalue weighted by Crippen LogP contribution is -2.53. The highest BCUT2D eigenvalue weighted by Gasteiger charge is 2.53. The van der Waals surface area contributed by atoms with Crippen molar-refractivity contribution < 1.29 is 33.4 Å². The zero-order valence-electron chi connectivity index (χ0n) is 15.6. The van der Waals surface area contributed by atoms with Crippen molar-refractivity contribution in [2.75, 3.05) is 13.6 Å². The average Bonchev–Trinajstić information content (AvgIpc) is 3.15. The lowest BCUT2D eigenvalue weighted by Gasteiger charge is -2.31. The standard InChI is InChI=1S/C19H24F2N2O5/c1-22(12-13-6-3-2-4-7-13)15(24)9-10-16(25)23-11-5-8-14(23)17(26)19(20,21)18(27)28/h2-4,6-7,14,17,26H,5,8-12H2,1H3,(H,27,28)/t14-,17?/m0/s1. The lowest BCUT2D eigenvalue weighted by molar-refractivity contribution is -0.189. The van der Waals surface area contributed by atoms with Crippen molar-refractivity contribution in [2.45, 2.75) is 50.3 Å². The molecule has 2 atom stereocenters. The van der Waals surface area contributed by atoms with E-state index in [9.17, 15) is 28.3 Å². The van der Waals surface area contributed by atoms with Gasteiger partial charge in [0.2, 0.25) is 11.8 Å². The van der Waals surface area contributed by atoms with Crippen LogP contribution in [0.15, 0.2) is 30.3 Å². The molecule has 0 saturated carbocycles. The highest BCUT2D eigenvalue weighted by Crippen LogP contribution is 2.30. The topological polar surface area (TPSA) is 98.2 Å². The molecular formula is C19H24F2N2O5. The molecule has 1 saturated heterocycles. The lowest BCUT2D eigenvalue weighted by atomic mass is 10.0. The summed E-state index contributed by atoms with van der Waals surface area (Å²) in [6, 6.07) is 8.02. The fraction of sp³-hybridized carbons (Fsp3) is 0.526. The Bertz CT molecular complexity index is 714. The molecule has 0 aromatic heterocycles. The van der Waals surface area contributed by atoms with Crippen LogP contribution in [0.4, 0.5) is 8.78 Å². The van der Waals surface area contributed by atoms with Crippen LogP contribution in [-0.2, 0) is 20.9 Å². The molecule has 0 radical (unpaired) electrons. The van der Waals surface area contributed by atoms with E-state index in [2.05, 4.69) is 0 Å². The fourth-order valence-electron chi connectivity index (χ4n) is 3.29. The minimum Gasteiger partial charge on any atom is -0.477 e. The van der Waals surface area contributed by atoms with E-state index in [1.54, 1.807) is 7.05 Å². The fourth-order valence-corrected chi connectivity index (χ4v) is 3.29. The molecule has 1 heterocycles.